The Morgan fingerprint density at radius 1 is 1.12 bits per heavy atom. The van der Waals surface area contributed by atoms with Crippen molar-refractivity contribution in [3.8, 4) is 0 Å². The summed E-state index contributed by atoms with van der Waals surface area (Å²) in [6, 6.07) is 13.0. The molecule has 0 radical (unpaired) electrons. The minimum Gasteiger partial charge on any atom is -0.342 e. The molecule has 0 bridgehead atoms. The van der Waals surface area contributed by atoms with Gasteiger partial charge in [0.15, 0.2) is 11.0 Å². The first kappa shape index (κ1) is 26.0. The second-order valence-electron chi connectivity index (χ2n) is 8.37. The molecule has 1 aromatic heterocycles. The van der Waals surface area contributed by atoms with Crippen LogP contribution in [0.5, 0.6) is 0 Å². The fraction of sp³-hybridized carbons (Fsp3) is 0.360. The Labute approximate surface area is 213 Å². The molecule has 1 heterocycles. The molecule has 0 aliphatic carbocycles. The Morgan fingerprint density at radius 3 is 2.56 bits per heavy atom. The van der Waals surface area contributed by atoms with Gasteiger partial charge in [0.25, 0.3) is 5.91 Å². The molecule has 2 aromatic carbocycles. The monoisotopic (exact) mass is 543 g/mol. The highest BCUT2D eigenvalue weighted by molar-refractivity contribution is 9.10. The Kier molecular flexibility index (Phi) is 8.90. The molecule has 0 unspecified atom stereocenters. The molecule has 7 nitrogen and oxygen atoms in total. The highest BCUT2D eigenvalue weighted by Gasteiger charge is 2.20. The summed E-state index contributed by atoms with van der Waals surface area (Å²) in [5.41, 5.74) is 3.52. The number of thioether (sulfide) groups is 1. The summed E-state index contributed by atoms with van der Waals surface area (Å²) in [6.45, 7) is 10.6. The molecule has 2 amide bonds. The van der Waals surface area contributed by atoms with E-state index in [1.165, 1.54) is 11.8 Å². The Morgan fingerprint density at radius 2 is 1.88 bits per heavy atom. The Bertz CT molecular complexity index is 1180. The maximum absolute atomic E-state index is 12.7. The molecular formula is C25H30BrN5O2S. The summed E-state index contributed by atoms with van der Waals surface area (Å²) >= 11 is 4.82. The van der Waals surface area contributed by atoms with Crippen molar-refractivity contribution < 1.29 is 9.59 Å². The summed E-state index contributed by atoms with van der Waals surface area (Å²) < 4.78 is 2.91. The van der Waals surface area contributed by atoms with Crippen LogP contribution >= 0.6 is 27.7 Å². The van der Waals surface area contributed by atoms with Gasteiger partial charge in [-0.3, -0.25) is 9.59 Å². The van der Waals surface area contributed by atoms with Crippen LogP contribution < -0.4 is 10.6 Å². The van der Waals surface area contributed by atoms with Crippen molar-refractivity contribution in [1.29, 1.82) is 0 Å². The predicted molar refractivity (Wildman–Crippen MR) is 140 cm³/mol. The maximum atomic E-state index is 12.7. The lowest BCUT2D eigenvalue weighted by Gasteiger charge is -2.16. The van der Waals surface area contributed by atoms with Gasteiger partial charge in [-0.05, 0) is 62.6 Å². The minimum atomic E-state index is -0.333. The van der Waals surface area contributed by atoms with Gasteiger partial charge >= 0.3 is 0 Å². The van der Waals surface area contributed by atoms with Gasteiger partial charge in [0.05, 0.1) is 11.8 Å². The van der Waals surface area contributed by atoms with Crippen LogP contribution in [0.15, 0.2) is 52.1 Å². The SMILES string of the molecule is CCn1c(SCC(=O)Nc2ccc(Br)cc2C(C)C)nnc1[C@H](C)NC(=O)c1cccc(C)c1. The van der Waals surface area contributed by atoms with E-state index in [9.17, 15) is 9.59 Å². The average Bonchev–Trinajstić information content (AvgIpc) is 3.21. The van der Waals surface area contributed by atoms with Crippen LogP contribution in [0.4, 0.5) is 5.69 Å². The standard InChI is InChI=1S/C25H30BrN5O2S/c1-6-31-23(17(5)27-24(33)18-9-7-8-16(4)12-18)29-30-25(31)34-14-22(32)28-21-11-10-19(26)13-20(21)15(2)3/h7-13,15,17H,6,14H2,1-5H3,(H,27,33)(H,28,32)/t17-/m0/s1. The molecule has 0 fully saturated rings. The number of nitrogens with one attached hydrogen (secondary N) is 2. The number of aromatic nitrogens is 3. The van der Waals surface area contributed by atoms with E-state index < -0.39 is 0 Å². The molecule has 0 spiro atoms. The lowest BCUT2D eigenvalue weighted by molar-refractivity contribution is -0.113. The number of amides is 2. The number of benzene rings is 2. The lowest BCUT2D eigenvalue weighted by Crippen LogP contribution is -2.28. The van der Waals surface area contributed by atoms with Crippen LogP contribution in [0.1, 0.15) is 67.0 Å². The molecule has 2 N–H and O–H groups in total. The number of hydrogen-bond donors (Lipinski definition) is 2. The number of carbonyl (C=O) groups is 2. The quantitative estimate of drug-likeness (QED) is 0.337. The predicted octanol–water partition coefficient (Wildman–Crippen LogP) is 5.71. The summed E-state index contributed by atoms with van der Waals surface area (Å²) in [6.07, 6.45) is 0. The smallest absolute Gasteiger partial charge is 0.251 e. The van der Waals surface area contributed by atoms with Crippen molar-refractivity contribution in [3.63, 3.8) is 0 Å². The normalized spacial score (nSPS) is 12.0. The van der Waals surface area contributed by atoms with Gasteiger partial charge in [0.1, 0.15) is 0 Å². The zero-order valence-electron chi connectivity index (χ0n) is 20.1. The second kappa shape index (κ2) is 11.7. The van der Waals surface area contributed by atoms with E-state index in [4.69, 9.17) is 0 Å². The van der Waals surface area contributed by atoms with E-state index in [2.05, 4.69) is 50.6 Å². The van der Waals surface area contributed by atoms with Crippen molar-refractivity contribution >= 4 is 45.2 Å². The number of hydrogen-bond acceptors (Lipinski definition) is 5. The van der Waals surface area contributed by atoms with Crippen LogP contribution in [-0.4, -0.2) is 32.3 Å². The van der Waals surface area contributed by atoms with Crippen LogP contribution in [0.3, 0.4) is 0 Å². The van der Waals surface area contributed by atoms with Crippen LogP contribution in [0, 0.1) is 6.92 Å². The van der Waals surface area contributed by atoms with E-state index >= 15 is 0 Å². The van der Waals surface area contributed by atoms with E-state index in [0.717, 1.165) is 21.3 Å². The molecular weight excluding hydrogens is 514 g/mol. The van der Waals surface area contributed by atoms with Crippen LogP contribution in [-0.2, 0) is 11.3 Å². The average molecular weight is 545 g/mol. The van der Waals surface area contributed by atoms with Crippen LogP contribution in [0.25, 0.3) is 0 Å². The van der Waals surface area contributed by atoms with Crippen LogP contribution in [0.2, 0.25) is 0 Å². The molecule has 3 aromatic rings. The van der Waals surface area contributed by atoms with Crippen molar-refractivity contribution in [1.82, 2.24) is 20.1 Å². The minimum absolute atomic E-state index is 0.109. The van der Waals surface area contributed by atoms with Gasteiger partial charge in [-0.2, -0.15) is 0 Å². The number of carbonyl (C=O) groups excluding carboxylic acids is 2. The summed E-state index contributed by atoms with van der Waals surface area (Å²) in [7, 11) is 0. The van der Waals surface area contributed by atoms with E-state index in [-0.39, 0.29) is 29.5 Å². The molecule has 1 atom stereocenters. The fourth-order valence-corrected chi connectivity index (χ4v) is 4.78. The van der Waals surface area contributed by atoms with E-state index in [1.54, 1.807) is 6.07 Å². The first-order valence-electron chi connectivity index (χ1n) is 11.2. The van der Waals surface area contributed by atoms with Crippen molar-refractivity contribution in [2.24, 2.45) is 0 Å². The molecule has 34 heavy (non-hydrogen) atoms. The topological polar surface area (TPSA) is 88.9 Å². The Balaban J connectivity index is 1.65. The molecule has 0 saturated heterocycles. The van der Waals surface area contributed by atoms with Crippen molar-refractivity contribution in [2.45, 2.75) is 58.3 Å². The molecule has 0 aliphatic rings. The fourth-order valence-electron chi connectivity index (χ4n) is 3.60. The molecule has 180 valence electrons. The van der Waals surface area contributed by atoms with Gasteiger partial charge in [0, 0.05) is 22.3 Å². The third kappa shape index (κ3) is 6.48. The number of anilines is 1. The summed E-state index contributed by atoms with van der Waals surface area (Å²) in [5.74, 6) is 0.868. The zero-order valence-corrected chi connectivity index (χ0v) is 22.5. The van der Waals surface area contributed by atoms with Gasteiger partial charge < -0.3 is 15.2 Å². The Hall–Kier alpha value is -2.65. The number of aryl methyl sites for hydroxylation is 1. The van der Waals surface area contributed by atoms with E-state index in [0.29, 0.717) is 23.1 Å². The molecule has 9 heteroatoms. The molecule has 0 saturated carbocycles. The van der Waals surface area contributed by atoms with Gasteiger partial charge in [0.2, 0.25) is 5.91 Å². The lowest BCUT2D eigenvalue weighted by atomic mass is 10.0. The first-order chi connectivity index (χ1) is 16.2. The third-order valence-electron chi connectivity index (χ3n) is 5.32. The van der Waals surface area contributed by atoms with E-state index in [1.807, 2.05) is 61.7 Å². The van der Waals surface area contributed by atoms with Gasteiger partial charge in [-0.25, -0.2) is 0 Å². The number of rotatable bonds is 9. The molecule has 3 rings (SSSR count). The van der Waals surface area contributed by atoms with Crippen molar-refractivity contribution in [2.75, 3.05) is 11.1 Å². The third-order valence-corrected chi connectivity index (χ3v) is 6.78. The molecule has 0 aliphatic heterocycles. The zero-order chi connectivity index (χ0) is 24.8. The largest absolute Gasteiger partial charge is 0.342 e. The first-order valence-corrected chi connectivity index (χ1v) is 13.0. The highest BCUT2D eigenvalue weighted by Crippen LogP contribution is 2.28. The van der Waals surface area contributed by atoms with Crippen molar-refractivity contribution in [3.05, 3.63) is 69.5 Å². The number of halogens is 1. The number of nitrogens with zero attached hydrogens (tertiary/aromatic N) is 3. The second-order valence-corrected chi connectivity index (χ2v) is 10.2. The van der Waals surface area contributed by atoms with Gasteiger partial charge in [-0.1, -0.05) is 59.2 Å². The highest BCUT2D eigenvalue weighted by atomic mass is 79.9. The summed E-state index contributed by atoms with van der Waals surface area (Å²) in [5, 5.41) is 15.2. The maximum Gasteiger partial charge on any atom is 0.251 e. The van der Waals surface area contributed by atoms with Gasteiger partial charge in [-0.15, -0.1) is 10.2 Å². The summed E-state index contributed by atoms with van der Waals surface area (Å²) in [4.78, 5) is 25.3.